The van der Waals surface area contributed by atoms with Crippen molar-refractivity contribution in [2.24, 2.45) is 0 Å². The van der Waals surface area contributed by atoms with Gasteiger partial charge in [-0.3, -0.25) is 13.9 Å². The second-order valence-corrected chi connectivity index (χ2v) is 6.96. The average Bonchev–Trinajstić information content (AvgIpc) is 2.71. The lowest BCUT2D eigenvalue weighted by Crippen LogP contribution is -2.41. The summed E-state index contributed by atoms with van der Waals surface area (Å²) in [6.07, 6.45) is 2.97. The lowest BCUT2D eigenvalue weighted by molar-refractivity contribution is 0.628. The summed E-state index contributed by atoms with van der Waals surface area (Å²) in [6.45, 7) is 4.52. The summed E-state index contributed by atoms with van der Waals surface area (Å²) < 4.78 is 2.75. The van der Waals surface area contributed by atoms with Crippen LogP contribution in [0.2, 0.25) is 0 Å². The molecule has 4 aromatic rings. The van der Waals surface area contributed by atoms with Gasteiger partial charge in [0.25, 0.3) is 5.56 Å². The normalized spacial score (nSPS) is 11.1. The molecule has 0 fully saturated rings. The first-order valence-corrected chi connectivity index (χ1v) is 9.08. The molecule has 0 bridgehead atoms. The van der Waals surface area contributed by atoms with E-state index in [1.165, 1.54) is 21.5 Å². The molecule has 0 spiro atoms. The van der Waals surface area contributed by atoms with Crippen LogP contribution in [0, 0.1) is 13.8 Å². The summed E-state index contributed by atoms with van der Waals surface area (Å²) >= 11 is 0. The van der Waals surface area contributed by atoms with Crippen molar-refractivity contribution in [2.45, 2.75) is 26.9 Å². The molecule has 2 aromatic heterocycles. The fourth-order valence-corrected chi connectivity index (χ4v) is 3.16. The summed E-state index contributed by atoms with van der Waals surface area (Å²) in [5, 5.41) is 0. The van der Waals surface area contributed by atoms with Crippen molar-refractivity contribution in [3.63, 3.8) is 0 Å². The van der Waals surface area contributed by atoms with Gasteiger partial charge >= 0.3 is 5.69 Å². The molecule has 0 atom stereocenters. The van der Waals surface area contributed by atoms with Gasteiger partial charge < -0.3 is 0 Å². The third kappa shape index (κ3) is 3.36. The topological polar surface area (TPSA) is 69.8 Å². The van der Waals surface area contributed by atoms with E-state index in [1.807, 2.05) is 62.4 Å². The zero-order valence-corrected chi connectivity index (χ0v) is 15.8. The Labute approximate surface area is 161 Å². The smallest absolute Gasteiger partial charge is 0.272 e. The number of nitrogens with zero attached hydrogens (tertiary/aromatic N) is 4. The molecular formula is C22H20N4O2. The van der Waals surface area contributed by atoms with Crippen LogP contribution < -0.4 is 11.2 Å². The minimum atomic E-state index is -0.422. The van der Waals surface area contributed by atoms with Gasteiger partial charge in [-0.05, 0) is 25.0 Å². The summed E-state index contributed by atoms with van der Waals surface area (Å²) in [5.74, 6) is 0. The van der Waals surface area contributed by atoms with Crippen LogP contribution in [0.25, 0.3) is 11.2 Å². The minimum absolute atomic E-state index is 0.193. The van der Waals surface area contributed by atoms with Crippen LogP contribution >= 0.6 is 0 Å². The third-order valence-electron chi connectivity index (χ3n) is 4.77. The lowest BCUT2D eigenvalue weighted by atomic mass is 10.1. The maximum Gasteiger partial charge on any atom is 0.333 e. The molecule has 0 saturated carbocycles. The summed E-state index contributed by atoms with van der Waals surface area (Å²) in [7, 11) is 0. The molecule has 0 amide bonds. The monoisotopic (exact) mass is 372 g/mol. The van der Waals surface area contributed by atoms with Crippen LogP contribution in [0.4, 0.5) is 0 Å². The summed E-state index contributed by atoms with van der Waals surface area (Å²) in [6, 6.07) is 15.7. The van der Waals surface area contributed by atoms with Crippen molar-refractivity contribution in [1.29, 1.82) is 0 Å². The standard InChI is InChI=1S/C22H20N4O2/c1-15-3-7-17(8-4-15)13-25-20-19(23-11-12-24-20)21(27)26(22(25)28)14-18-9-5-16(2)6-10-18/h3-12H,13-14H2,1-2H3. The van der Waals surface area contributed by atoms with Crippen molar-refractivity contribution in [3.8, 4) is 0 Å². The van der Waals surface area contributed by atoms with Gasteiger partial charge in [0, 0.05) is 12.4 Å². The van der Waals surface area contributed by atoms with Gasteiger partial charge in [-0.2, -0.15) is 0 Å². The molecule has 28 heavy (non-hydrogen) atoms. The Morgan fingerprint density at radius 3 is 1.79 bits per heavy atom. The second-order valence-electron chi connectivity index (χ2n) is 6.96. The summed E-state index contributed by atoms with van der Waals surface area (Å²) in [4.78, 5) is 34.6. The SMILES string of the molecule is Cc1ccc(Cn2c(=O)c3nccnc3n(Cc3ccc(C)cc3)c2=O)cc1. The molecule has 2 aromatic carbocycles. The second kappa shape index (κ2) is 7.23. The van der Waals surface area contributed by atoms with Gasteiger partial charge in [-0.25, -0.2) is 14.8 Å². The summed E-state index contributed by atoms with van der Waals surface area (Å²) in [5.41, 5.74) is 3.80. The molecule has 0 saturated heterocycles. The van der Waals surface area contributed by atoms with Crippen LogP contribution in [-0.4, -0.2) is 19.1 Å². The van der Waals surface area contributed by atoms with E-state index in [9.17, 15) is 9.59 Å². The van der Waals surface area contributed by atoms with E-state index in [0.29, 0.717) is 12.2 Å². The Hall–Kier alpha value is -3.54. The molecule has 4 rings (SSSR count). The zero-order valence-electron chi connectivity index (χ0n) is 15.8. The van der Waals surface area contributed by atoms with E-state index in [4.69, 9.17) is 0 Å². The largest absolute Gasteiger partial charge is 0.333 e. The van der Waals surface area contributed by atoms with Crippen LogP contribution in [-0.2, 0) is 13.1 Å². The zero-order chi connectivity index (χ0) is 19.7. The van der Waals surface area contributed by atoms with Crippen LogP contribution in [0.1, 0.15) is 22.3 Å². The highest BCUT2D eigenvalue weighted by Crippen LogP contribution is 2.09. The van der Waals surface area contributed by atoms with E-state index in [1.54, 1.807) is 0 Å². The maximum atomic E-state index is 13.2. The molecule has 6 heteroatoms. The first-order valence-electron chi connectivity index (χ1n) is 9.08. The quantitative estimate of drug-likeness (QED) is 0.552. The van der Waals surface area contributed by atoms with E-state index >= 15 is 0 Å². The Kier molecular flexibility index (Phi) is 4.61. The molecule has 0 aliphatic heterocycles. The van der Waals surface area contributed by atoms with Gasteiger partial charge in [0.05, 0.1) is 13.1 Å². The first-order chi connectivity index (χ1) is 13.5. The van der Waals surface area contributed by atoms with Crippen LogP contribution in [0.5, 0.6) is 0 Å². The van der Waals surface area contributed by atoms with Gasteiger partial charge in [0.1, 0.15) is 0 Å². The van der Waals surface area contributed by atoms with Gasteiger partial charge in [0.15, 0.2) is 11.2 Å². The molecule has 0 aliphatic rings. The molecule has 140 valence electrons. The molecule has 0 N–H and O–H groups in total. The number of fused-ring (bicyclic) bond motifs is 1. The lowest BCUT2D eigenvalue weighted by Gasteiger charge is -2.13. The Balaban J connectivity index is 1.88. The van der Waals surface area contributed by atoms with E-state index in [0.717, 1.165) is 22.3 Å². The van der Waals surface area contributed by atoms with Gasteiger partial charge in [0.2, 0.25) is 0 Å². The molecule has 6 nitrogen and oxygen atoms in total. The van der Waals surface area contributed by atoms with Crippen LogP contribution in [0.15, 0.2) is 70.5 Å². The highest BCUT2D eigenvalue weighted by molar-refractivity contribution is 5.68. The van der Waals surface area contributed by atoms with Crippen molar-refractivity contribution >= 4 is 11.2 Å². The molecular weight excluding hydrogens is 352 g/mol. The van der Waals surface area contributed by atoms with Crippen LogP contribution in [0.3, 0.4) is 0 Å². The van der Waals surface area contributed by atoms with Crippen molar-refractivity contribution < 1.29 is 0 Å². The number of aromatic nitrogens is 4. The van der Waals surface area contributed by atoms with Crippen molar-refractivity contribution in [2.75, 3.05) is 0 Å². The highest BCUT2D eigenvalue weighted by Gasteiger charge is 2.15. The maximum absolute atomic E-state index is 13.2. The third-order valence-corrected chi connectivity index (χ3v) is 4.77. The minimum Gasteiger partial charge on any atom is -0.272 e. The number of hydrogen-bond acceptors (Lipinski definition) is 4. The average molecular weight is 372 g/mol. The van der Waals surface area contributed by atoms with E-state index in [-0.39, 0.29) is 17.8 Å². The van der Waals surface area contributed by atoms with Gasteiger partial charge in [-0.1, -0.05) is 59.7 Å². The fourth-order valence-electron chi connectivity index (χ4n) is 3.16. The number of benzene rings is 2. The predicted molar refractivity (Wildman–Crippen MR) is 109 cm³/mol. The highest BCUT2D eigenvalue weighted by atomic mass is 16.2. The van der Waals surface area contributed by atoms with E-state index in [2.05, 4.69) is 9.97 Å². The number of hydrogen-bond donors (Lipinski definition) is 0. The number of aryl methyl sites for hydroxylation is 2. The predicted octanol–water partition coefficient (Wildman–Crippen LogP) is 2.67. The Morgan fingerprint density at radius 1 is 0.714 bits per heavy atom. The fraction of sp³-hybridized carbons (Fsp3) is 0.182. The first kappa shape index (κ1) is 17.9. The molecule has 2 heterocycles. The molecule has 0 radical (unpaired) electrons. The number of rotatable bonds is 4. The van der Waals surface area contributed by atoms with Crippen molar-refractivity contribution in [3.05, 3.63) is 104 Å². The van der Waals surface area contributed by atoms with Crippen molar-refractivity contribution in [1.82, 2.24) is 19.1 Å². The van der Waals surface area contributed by atoms with E-state index < -0.39 is 5.56 Å². The Morgan fingerprint density at radius 2 is 1.21 bits per heavy atom. The molecule has 0 unspecified atom stereocenters. The molecule has 0 aliphatic carbocycles. The Bertz CT molecular complexity index is 1250. The van der Waals surface area contributed by atoms with Gasteiger partial charge in [-0.15, -0.1) is 0 Å².